The number of benzene rings is 1. The molecule has 0 bridgehead atoms. The number of carbonyl (C=O) groups excluding carboxylic acids is 1. The monoisotopic (exact) mass is 419 g/mol. The molecular weight excluding hydrogens is 409 g/mol. The summed E-state index contributed by atoms with van der Waals surface area (Å²) in [6, 6.07) is 5.58. The van der Waals surface area contributed by atoms with Crippen LogP contribution in [0.3, 0.4) is 0 Å². The molecule has 0 radical (unpaired) electrons. The van der Waals surface area contributed by atoms with Crippen LogP contribution < -0.4 is 5.32 Å². The first-order valence-corrected chi connectivity index (χ1v) is 7.79. The topological polar surface area (TPSA) is 46.9 Å². The molecule has 7 heteroatoms. The Kier molecular flexibility index (Phi) is 4.88. The van der Waals surface area contributed by atoms with Crippen LogP contribution in [0.4, 0.5) is 5.69 Å². The van der Waals surface area contributed by atoms with Gasteiger partial charge in [-0.25, -0.2) is 0 Å². The van der Waals surface area contributed by atoms with Gasteiger partial charge in [0.1, 0.15) is 6.54 Å². The Balaban J connectivity index is 2.13. The fraction of sp³-hybridized carbons (Fsp3) is 0.231. The number of aryl methyl sites for hydroxylation is 1. The smallest absolute Gasteiger partial charge is 0.246 e. The zero-order valence-corrected chi connectivity index (χ0v) is 14.8. The Hall–Kier alpha value is -0.850. The summed E-state index contributed by atoms with van der Waals surface area (Å²) in [5.74, 6) is -0.161. The van der Waals surface area contributed by atoms with Gasteiger partial charge in [-0.3, -0.25) is 9.48 Å². The van der Waals surface area contributed by atoms with E-state index in [0.29, 0.717) is 10.7 Å². The molecule has 1 aromatic heterocycles. The molecule has 0 fully saturated rings. The van der Waals surface area contributed by atoms with Crippen molar-refractivity contribution in [1.29, 1.82) is 0 Å². The summed E-state index contributed by atoms with van der Waals surface area (Å²) in [5, 5.41) is 7.67. The van der Waals surface area contributed by atoms with Crippen LogP contribution in [-0.2, 0) is 11.3 Å². The molecular formula is C13H12Br2ClN3O. The molecule has 0 spiro atoms. The highest BCUT2D eigenvalue weighted by molar-refractivity contribution is 9.11. The summed E-state index contributed by atoms with van der Waals surface area (Å²) >= 11 is 12.8. The third kappa shape index (κ3) is 3.42. The zero-order valence-electron chi connectivity index (χ0n) is 10.9. The minimum atomic E-state index is -0.161. The number of amides is 1. The second kappa shape index (κ2) is 6.28. The first-order valence-electron chi connectivity index (χ1n) is 5.83. The van der Waals surface area contributed by atoms with Crippen LogP contribution in [0.2, 0.25) is 5.02 Å². The van der Waals surface area contributed by atoms with Gasteiger partial charge in [0.2, 0.25) is 5.91 Å². The summed E-state index contributed by atoms with van der Waals surface area (Å²) in [6.45, 7) is 3.78. The molecule has 0 unspecified atom stereocenters. The number of halogens is 3. The quantitative estimate of drug-likeness (QED) is 0.803. The maximum Gasteiger partial charge on any atom is 0.246 e. The first kappa shape index (κ1) is 15.5. The third-order valence-corrected chi connectivity index (χ3v) is 4.52. The molecule has 0 saturated carbocycles. The molecule has 0 aliphatic carbocycles. The number of hydrogen-bond donors (Lipinski definition) is 1. The molecule has 1 amide bonds. The van der Waals surface area contributed by atoms with E-state index in [2.05, 4.69) is 42.3 Å². The maximum atomic E-state index is 12.1. The summed E-state index contributed by atoms with van der Waals surface area (Å²) in [6.07, 6.45) is 0. The van der Waals surface area contributed by atoms with E-state index in [1.807, 2.05) is 32.0 Å². The number of hydrogen-bond acceptors (Lipinski definition) is 2. The average molecular weight is 422 g/mol. The van der Waals surface area contributed by atoms with Gasteiger partial charge in [-0.1, -0.05) is 27.5 Å². The summed E-state index contributed by atoms with van der Waals surface area (Å²) in [5.41, 5.74) is 2.21. The number of nitrogens with zero attached hydrogens (tertiary/aromatic N) is 2. The van der Waals surface area contributed by atoms with Crippen LogP contribution in [0, 0.1) is 13.8 Å². The van der Waals surface area contributed by atoms with Gasteiger partial charge in [0.15, 0.2) is 0 Å². The highest BCUT2D eigenvalue weighted by Gasteiger charge is 2.13. The molecule has 4 nitrogen and oxygen atoms in total. The fourth-order valence-corrected chi connectivity index (χ4v) is 2.59. The third-order valence-electron chi connectivity index (χ3n) is 2.79. The Morgan fingerprint density at radius 1 is 1.40 bits per heavy atom. The maximum absolute atomic E-state index is 12.1. The highest BCUT2D eigenvalue weighted by Crippen LogP contribution is 2.26. The lowest BCUT2D eigenvalue weighted by molar-refractivity contribution is -0.116. The standard InChI is InChI=1S/C13H12Br2ClN3O/c1-7-13(16)8(2)19(18-7)6-12(20)17-11-5-9(14)3-4-10(11)15/h3-5H,6H2,1-2H3,(H,17,20). The first-order chi connectivity index (χ1) is 9.38. The molecule has 106 valence electrons. The van der Waals surface area contributed by atoms with Crippen molar-refractivity contribution in [2.45, 2.75) is 20.4 Å². The van der Waals surface area contributed by atoms with Gasteiger partial charge >= 0.3 is 0 Å². The van der Waals surface area contributed by atoms with Crippen molar-refractivity contribution < 1.29 is 4.79 Å². The van der Waals surface area contributed by atoms with Gasteiger partial charge < -0.3 is 5.32 Å². The molecule has 0 saturated heterocycles. The molecule has 1 aromatic carbocycles. The van der Waals surface area contributed by atoms with Gasteiger partial charge in [-0.15, -0.1) is 0 Å². The van der Waals surface area contributed by atoms with Crippen LogP contribution in [-0.4, -0.2) is 15.7 Å². The van der Waals surface area contributed by atoms with Gasteiger partial charge in [-0.2, -0.15) is 5.10 Å². The molecule has 20 heavy (non-hydrogen) atoms. The van der Waals surface area contributed by atoms with E-state index in [4.69, 9.17) is 11.6 Å². The Morgan fingerprint density at radius 2 is 2.10 bits per heavy atom. The number of aromatic nitrogens is 2. The fourth-order valence-electron chi connectivity index (χ4n) is 1.75. The predicted octanol–water partition coefficient (Wildman–Crippen LogP) is 4.32. The zero-order chi connectivity index (χ0) is 14.9. The van der Waals surface area contributed by atoms with Crippen LogP contribution in [0.1, 0.15) is 11.4 Å². The van der Waals surface area contributed by atoms with Crippen molar-refractivity contribution in [3.63, 3.8) is 0 Å². The average Bonchev–Trinajstić information content (AvgIpc) is 2.61. The minimum absolute atomic E-state index is 0.123. The molecule has 0 aliphatic heterocycles. The van der Waals surface area contributed by atoms with E-state index in [1.54, 1.807) is 4.68 Å². The Morgan fingerprint density at radius 3 is 2.70 bits per heavy atom. The van der Waals surface area contributed by atoms with Crippen molar-refractivity contribution in [2.75, 3.05) is 5.32 Å². The van der Waals surface area contributed by atoms with E-state index in [0.717, 1.165) is 20.3 Å². The van der Waals surface area contributed by atoms with Crippen molar-refractivity contribution >= 4 is 55.1 Å². The lowest BCUT2D eigenvalue weighted by Gasteiger charge is -2.09. The second-order valence-electron chi connectivity index (χ2n) is 4.31. The van der Waals surface area contributed by atoms with Crippen LogP contribution in [0.5, 0.6) is 0 Å². The van der Waals surface area contributed by atoms with Crippen LogP contribution >= 0.6 is 43.5 Å². The highest BCUT2D eigenvalue weighted by atomic mass is 79.9. The van der Waals surface area contributed by atoms with E-state index < -0.39 is 0 Å². The molecule has 1 N–H and O–H groups in total. The summed E-state index contributed by atoms with van der Waals surface area (Å²) in [7, 11) is 0. The lowest BCUT2D eigenvalue weighted by Crippen LogP contribution is -2.20. The van der Waals surface area contributed by atoms with Crippen molar-refractivity contribution in [3.05, 3.63) is 43.6 Å². The van der Waals surface area contributed by atoms with E-state index in [9.17, 15) is 4.79 Å². The molecule has 2 aromatic rings. The number of rotatable bonds is 3. The SMILES string of the molecule is Cc1nn(CC(=O)Nc2cc(Br)ccc2Br)c(C)c1Cl. The van der Waals surface area contributed by atoms with E-state index >= 15 is 0 Å². The minimum Gasteiger partial charge on any atom is -0.323 e. The number of nitrogens with one attached hydrogen (secondary N) is 1. The second-order valence-corrected chi connectivity index (χ2v) is 6.46. The molecule has 2 rings (SSSR count). The molecule has 1 heterocycles. The molecule has 0 aliphatic rings. The van der Waals surface area contributed by atoms with Gasteiger partial charge in [0, 0.05) is 8.95 Å². The van der Waals surface area contributed by atoms with Gasteiger partial charge in [-0.05, 0) is 48.0 Å². The van der Waals surface area contributed by atoms with E-state index in [-0.39, 0.29) is 12.5 Å². The Bertz CT molecular complexity index is 670. The van der Waals surface area contributed by atoms with E-state index in [1.165, 1.54) is 0 Å². The van der Waals surface area contributed by atoms with Crippen molar-refractivity contribution in [3.8, 4) is 0 Å². The number of anilines is 1. The summed E-state index contributed by atoms with van der Waals surface area (Å²) < 4.78 is 3.31. The van der Waals surface area contributed by atoms with Crippen molar-refractivity contribution in [2.24, 2.45) is 0 Å². The number of carbonyl (C=O) groups is 1. The van der Waals surface area contributed by atoms with Crippen LogP contribution in [0.25, 0.3) is 0 Å². The largest absolute Gasteiger partial charge is 0.323 e. The normalized spacial score (nSPS) is 10.7. The molecule has 0 atom stereocenters. The van der Waals surface area contributed by atoms with Crippen molar-refractivity contribution in [1.82, 2.24) is 9.78 Å². The van der Waals surface area contributed by atoms with Gasteiger partial charge in [0.05, 0.1) is 22.1 Å². The van der Waals surface area contributed by atoms with Gasteiger partial charge in [0.25, 0.3) is 0 Å². The predicted molar refractivity (Wildman–Crippen MR) is 87.2 cm³/mol. The summed E-state index contributed by atoms with van der Waals surface area (Å²) in [4.78, 5) is 12.1. The Labute approximate surface area is 138 Å². The van der Waals surface area contributed by atoms with Crippen LogP contribution in [0.15, 0.2) is 27.1 Å². The lowest BCUT2D eigenvalue weighted by atomic mass is 10.3.